The Labute approximate surface area is 172 Å². The van der Waals surface area contributed by atoms with Gasteiger partial charge in [-0.05, 0) is 74.7 Å². The van der Waals surface area contributed by atoms with Crippen molar-refractivity contribution in [3.05, 3.63) is 34.9 Å². The first-order valence-corrected chi connectivity index (χ1v) is 10.9. The average Bonchev–Trinajstić information content (AvgIpc) is 3.10. The fourth-order valence-electron chi connectivity index (χ4n) is 7.50. The van der Waals surface area contributed by atoms with Crippen LogP contribution in [-0.4, -0.2) is 50.8 Å². The van der Waals surface area contributed by atoms with Crippen LogP contribution in [0.1, 0.15) is 36.8 Å². The Morgan fingerprint density at radius 1 is 1.31 bits per heavy atom. The Morgan fingerprint density at radius 3 is 2.97 bits per heavy atom. The summed E-state index contributed by atoms with van der Waals surface area (Å²) in [5.74, 6) is 2.44. The molecule has 2 unspecified atom stereocenters. The molecule has 154 valence electrons. The second-order valence-corrected chi connectivity index (χ2v) is 9.53. The number of piperidine rings is 1. The summed E-state index contributed by atoms with van der Waals surface area (Å²) < 4.78 is 17.7. The van der Waals surface area contributed by atoms with Crippen LogP contribution in [0.25, 0.3) is 0 Å². The van der Waals surface area contributed by atoms with Gasteiger partial charge in [-0.2, -0.15) is 0 Å². The fraction of sp³-hybridized carbons (Fsp3) is 0.625. The van der Waals surface area contributed by atoms with E-state index in [4.69, 9.17) is 14.2 Å². The van der Waals surface area contributed by atoms with E-state index in [1.165, 1.54) is 23.8 Å². The molecule has 5 heteroatoms. The first-order valence-electron chi connectivity index (χ1n) is 10.9. The maximum absolute atomic E-state index is 12.6. The highest BCUT2D eigenvalue weighted by molar-refractivity contribution is 5.74. The van der Waals surface area contributed by atoms with Crippen molar-refractivity contribution in [2.45, 2.75) is 49.7 Å². The largest absolute Gasteiger partial charge is 0.493 e. The average molecular weight is 395 g/mol. The molecule has 0 aromatic heterocycles. The molecular formula is C24H29NO4. The smallest absolute Gasteiger partial charge is 0.309 e. The number of likely N-dealkylation sites (tertiary alicyclic amines) is 1. The summed E-state index contributed by atoms with van der Waals surface area (Å²) in [6.45, 7) is 1.09. The number of methoxy groups -OCH3 is 2. The molecule has 1 saturated heterocycles. The minimum absolute atomic E-state index is 0.0228. The van der Waals surface area contributed by atoms with Crippen LogP contribution in [0.15, 0.2) is 23.8 Å². The summed E-state index contributed by atoms with van der Waals surface area (Å²) in [5, 5.41) is 0. The molecule has 1 aromatic rings. The second kappa shape index (κ2) is 6.00. The third-order valence-corrected chi connectivity index (χ3v) is 8.68. The number of rotatable bonds is 2. The molecule has 2 bridgehead atoms. The van der Waals surface area contributed by atoms with Crippen molar-refractivity contribution in [3.8, 4) is 11.5 Å². The zero-order valence-corrected chi connectivity index (χ0v) is 17.4. The van der Waals surface area contributed by atoms with Crippen LogP contribution < -0.4 is 9.47 Å². The first kappa shape index (κ1) is 17.8. The molecule has 5 nitrogen and oxygen atoms in total. The molecule has 2 fully saturated rings. The Kier molecular flexibility index (Phi) is 3.69. The van der Waals surface area contributed by atoms with Crippen molar-refractivity contribution in [1.82, 2.24) is 4.90 Å². The Hall–Kier alpha value is -2.01. The number of likely N-dealkylation sites (N-methyl/N-ethyl adjacent to an activating group) is 1. The molecular weight excluding hydrogens is 366 g/mol. The van der Waals surface area contributed by atoms with E-state index in [0.717, 1.165) is 50.1 Å². The van der Waals surface area contributed by atoms with Crippen LogP contribution in [0.5, 0.6) is 11.5 Å². The fourth-order valence-corrected chi connectivity index (χ4v) is 7.50. The number of hydrogen-bond acceptors (Lipinski definition) is 5. The van der Waals surface area contributed by atoms with Gasteiger partial charge >= 0.3 is 5.97 Å². The maximum atomic E-state index is 12.6. The molecule has 5 aliphatic rings. The molecule has 29 heavy (non-hydrogen) atoms. The van der Waals surface area contributed by atoms with Crippen molar-refractivity contribution in [3.63, 3.8) is 0 Å². The molecule has 1 aromatic carbocycles. The predicted molar refractivity (Wildman–Crippen MR) is 108 cm³/mol. The van der Waals surface area contributed by atoms with Crippen LogP contribution in [0.2, 0.25) is 0 Å². The van der Waals surface area contributed by atoms with Crippen LogP contribution in [-0.2, 0) is 21.4 Å². The molecule has 2 aliphatic heterocycles. The maximum Gasteiger partial charge on any atom is 0.309 e. The van der Waals surface area contributed by atoms with Crippen LogP contribution >= 0.6 is 0 Å². The number of nitrogens with zero attached hydrogens (tertiary/aromatic N) is 1. The third kappa shape index (κ3) is 2.07. The number of carbonyl (C=O) groups excluding carboxylic acids is 1. The van der Waals surface area contributed by atoms with Gasteiger partial charge in [0.2, 0.25) is 0 Å². The standard InChI is InChI=1S/C24H29NO4/c1-25-10-9-24-17-12-16-14(5-4-6-15(16)23(26)28-3)22(24)29-21-19(27-2)8-7-13(20(21)24)11-18(17)25/h5,7-8,15-18,22H,4,6,9-12H2,1-3H3/t15?,16?,17-,18+,22-,24-/m0/s1. The van der Waals surface area contributed by atoms with E-state index in [1.54, 1.807) is 7.11 Å². The summed E-state index contributed by atoms with van der Waals surface area (Å²) in [4.78, 5) is 15.2. The highest BCUT2D eigenvalue weighted by Gasteiger charge is 2.66. The van der Waals surface area contributed by atoms with Gasteiger partial charge in [0.05, 0.1) is 20.1 Å². The molecule has 6 atom stereocenters. The van der Waals surface area contributed by atoms with Crippen molar-refractivity contribution >= 4 is 5.97 Å². The first-order chi connectivity index (χ1) is 14.1. The summed E-state index contributed by atoms with van der Waals surface area (Å²) >= 11 is 0. The number of allylic oxidation sites excluding steroid dienone is 1. The van der Waals surface area contributed by atoms with E-state index in [1.807, 2.05) is 0 Å². The van der Waals surface area contributed by atoms with Crippen molar-refractivity contribution < 1.29 is 19.0 Å². The van der Waals surface area contributed by atoms with E-state index in [-0.39, 0.29) is 29.3 Å². The van der Waals surface area contributed by atoms with Crippen LogP contribution in [0.4, 0.5) is 0 Å². The van der Waals surface area contributed by atoms with Gasteiger partial charge in [-0.3, -0.25) is 4.79 Å². The minimum atomic E-state index is -0.0559. The summed E-state index contributed by atoms with van der Waals surface area (Å²) in [6, 6.07) is 4.83. The van der Waals surface area contributed by atoms with Crippen LogP contribution in [0.3, 0.4) is 0 Å². The third-order valence-electron chi connectivity index (χ3n) is 8.68. The van der Waals surface area contributed by atoms with E-state index >= 15 is 0 Å². The number of benzene rings is 1. The molecule has 1 saturated carbocycles. The van der Waals surface area contributed by atoms with E-state index in [0.29, 0.717) is 12.0 Å². The lowest BCUT2D eigenvalue weighted by molar-refractivity contribution is -0.149. The molecule has 0 amide bonds. The molecule has 3 aliphatic carbocycles. The van der Waals surface area contributed by atoms with Crippen molar-refractivity contribution in [2.24, 2.45) is 17.8 Å². The summed E-state index contributed by atoms with van der Waals surface area (Å²) in [5.41, 5.74) is 4.21. The van der Waals surface area contributed by atoms with Gasteiger partial charge in [-0.25, -0.2) is 0 Å². The molecule has 1 spiro atoms. The second-order valence-electron chi connectivity index (χ2n) is 9.53. The topological polar surface area (TPSA) is 48.0 Å². The monoisotopic (exact) mass is 395 g/mol. The number of hydrogen-bond donors (Lipinski definition) is 0. The van der Waals surface area contributed by atoms with Crippen molar-refractivity contribution in [1.29, 1.82) is 0 Å². The number of carbonyl (C=O) groups is 1. The zero-order chi connectivity index (χ0) is 19.9. The quantitative estimate of drug-likeness (QED) is 0.569. The van der Waals surface area contributed by atoms with Gasteiger partial charge in [-0.15, -0.1) is 0 Å². The van der Waals surface area contributed by atoms with Gasteiger partial charge in [0.25, 0.3) is 0 Å². The minimum Gasteiger partial charge on any atom is -0.493 e. The molecule has 2 heterocycles. The van der Waals surface area contributed by atoms with Gasteiger partial charge in [0, 0.05) is 17.0 Å². The number of fused-ring (bicyclic) bond motifs is 2. The van der Waals surface area contributed by atoms with Gasteiger partial charge < -0.3 is 19.1 Å². The number of ether oxygens (including phenoxy) is 3. The summed E-state index contributed by atoms with van der Waals surface area (Å²) in [6.07, 6.45) is 7.43. The van der Waals surface area contributed by atoms with E-state index in [9.17, 15) is 4.79 Å². The number of esters is 1. The van der Waals surface area contributed by atoms with Gasteiger partial charge in [0.15, 0.2) is 11.5 Å². The van der Waals surface area contributed by atoms with E-state index in [2.05, 4.69) is 30.2 Å². The van der Waals surface area contributed by atoms with Crippen molar-refractivity contribution in [2.75, 3.05) is 27.8 Å². The van der Waals surface area contributed by atoms with Crippen LogP contribution in [0, 0.1) is 17.8 Å². The van der Waals surface area contributed by atoms with Gasteiger partial charge in [0.1, 0.15) is 6.10 Å². The highest BCUT2D eigenvalue weighted by atomic mass is 16.5. The van der Waals surface area contributed by atoms with E-state index < -0.39 is 0 Å². The lowest BCUT2D eigenvalue weighted by Crippen LogP contribution is -2.65. The SMILES string of the molecule is COC(=O)C1CCC=C2C1C[C@H]1[C@H]3Cc4ccc(OC)c5c4[C@@]1(CCN3C)[C@H]2O5. The lowest BCUT2D eigenvalue weighted by atomic mass is 9.47. The summed E-state index contributed by atoms with van der Waals surface area (Å²) in [7, 11) is 5.52. The lowest BCUT2D eigenvalue weighted by Gasteiger charge is -2.60. The predicted octanol–water partition coefficient (Wildman–Crippen LogP) is 3.10. The zero-order valence-electron chi connectivity index (χ0n) is 17.4. The Balaban J connectivity index is 1.56. The Bertz CT molecular complexity index is 924. The molecule has 0 N–H and O–H groups in total. The Morgan fingerprint density at radius 2 is 2.17 bits per heavy atom. The molecule has 6 rings (SSSR count). The highest BCUT2D eigenvalue weighted by Crippen LogP contribution is 2.66. The molecule has 0 radical (unpaired) electrons. The normalized spacial score (nSPS) is 39.0. The van der Waals surface area contributed by atoms with Gasteiger partial charge in [-0.1, -0.05) is 12.1 Å².